The topological polar surface area (TPSA) is 96.1 Å². The molecule has 0 saturated carbocycles. The zero-order valence-electron chi connectivity index (χ0n) is 9.78. The van der Waals surface area contributed by atoms with E-state index >= 15 is 0 Å². The molecule has 0 fully saturated rings. The molecule has 1 heterocycles. The summed E-state index contributed by atoms with van der Waals surface area (Å²) in [6.45, 7) is 2.72. The van der Waals surface area contributed by atoms with Crippen LogP contribution in [0.5, 0.6) is 0 Å². The smallest absolute Gasteiger partial charge is 0.239 e. The number of nitrogen functional groups attached to an aromatic ring is 1. The molecule has 1 atom stereocenters. The summed E-state index contributed by atoms with van der Waals surface area (Å²) in [5.41, 5.74) is 2.25. The maximum atomic E-state index is 13.3. The highest BCUT2D eigenvalue weighted by Gasteiger charge is 2.06. The number of hydrogen-bond acceptors (Lipinski definition) is 6. The largest absolute Gasteiger partial charge is 0.396 e. The van der Waals surface area contributed by atoms with Crippen LogP contribution in [0.3, 0.4) is 0 Å². The first-order valence-corrected chi connectivity index (χ1v) is 5.51. The van der Waals surface area contributed by atoms with Crippen molar-refractivity contribution in [2.24, 2.45) is 11.8 Å². The molecular weight excluding hydrogens is 225 g/mol. The monoisotopic (exact) mass is 243 g/mol. The summed E-state index contributed by atoms with van der Waals surface area (Å²) in [6, 6.07) is 0. The van der Waals surface area contributed by atoms with Gasteiger partial charge in [-0.2, -0.15) is 4.98 Å². The Morgan fingerprint density at radius 2 is 2.35 bits per heavy atom. The van der Waals surface area contributed by atoms with E-state index < -0.39 is 5.82 Å². The Morgan fingerprint density at radius 3 is 3.00 bits per heavy atom. The van der Waals surface area contributed by atoms with Crippen LogP contribution in [0.15, 0.2) is 6.20 Å². The third-order valence-electron chi connectivity index (χ3n) is 2.35. The third kappa shape index (κ3) is 4.49. The van der Waals surface area contributed by atoms with Crippen LogP contribution in [0, 0.1) is 11.7 Å². The van der Waals surface area contributed by atoms with E-state index in [-0.39, 0.29) is 24.3 Å². The number of nitrogens with one attached hydrogen (secondary N) is 2. The van der Waals surface area contributed by atoms with E-state index in [1.807, 2.05) is 6.92 Å². The van der Waals surface area contributed by atoms with Gasteiger partial charge in [0.25, 0.3) is 0 Å². The quantitative estimate of drug-likeness (QED) is 0.320. The van der Waals surface area contributed by atoms with Gasteiger partial charge in [-0.1, -0.05) is 6.92 Å². The fourth-order valence-electron chi connectivity index (χ4n) is 1.31. The Kier molecular flexibility index (Phi) is 5.58. The molecule has 0 spiro atoms. The van der Waals surface area contributed by atoms with Gasteiger partial charge in [0.2, 0.25) is 5.95 Å². The molecule has 1 aromatic heterocycles. The van der Waals surface area contributed by atoms with Crippen molar-refractivity contribution in [1.82, 2.24) is 9.97 Å². The molecule has 1 aromatic rings. The van der Waals surface area contributed by atoms with Crippen molar-refractivity contribution >= 4 is 11.8 Å². The van der Waals surface area contributed by atoms with Gasteiger partial charge >= 0.3 is 0 Å². The van der Waals surface area contributed by atoms with Crippen LogP contribution in [0.25, 0.3) is 0 Å². The van der Waals surface area contributed by atoms with E-state index in [2.05, 4.69) is 20.7 Å². The highest BCUT2D eigenvalue weighted by molar-refractivity contribution is 5.40. The molecule has 0 aliphatic heterocycles. The summed E-state index contributed by atoms with van der Waals surface area (Å²) in [5, 5.41) is 11.7. The molecule has 0 aliphatic carbocycles. The molecule has 0 bridgehead atoms. The van der Waals surface area contributed by atoms with Gasteiger partial charge in [0, 0.05) is 13.2 Å². The third-order valence-corrected chi connectivity index (χ3v) is 2.35. The summed E-state index contributed by atoms with van der Waals surface area (Å²) in [4.78, 5) is 7.48. The van der Waals surface area contributed by atoms with Crippen LogP contribution in [-0.2, 0) is 0 Å². The molecule has 1 unspecified atom stereocenters. The van der Waals surface area contributed by atoms with E-state index in [9.17, 15) is 4.39 Å². The van der Waals surface area contributed by atoms with Crippen LogP contribution < -0.4 is 16.6 Å². The molecule has 6 nitrogen and oxygen atoms in total. The summed E-state index contributed by atoms with van der Waals surface area (Å²) >= 11 is 0. The van der Waals surface area contributed by atoms with E-state index in [4.69, 9.17) is 10.9 Å². The normalized spacial score (nSPS) is 12.2. The number of nitrogens with two attached hydrogens (primary N) is 1. The number of aromatic nitrogens is 2. The Bertz CT molecular complexity index is 349. The lowest BCUT2D eigenvalue weighted by Gasteiger charge is -2.09. The number of hydrazine groups is 1. The number of aliphatic hydroxyl groups excluding tert-OH is 1. The lowest BCUT2D eigenvalue weighted by atomic mass is 10.1. The van der Waals surface area contributed by atoms with Crippen molar-refractivity contribution in [3.05, 3.63) is 12.0 Å². The molecule has 17 heavy (non-hydrogen) atoms. The summed E-state index contributed by atoms with van der Waals surface area (Å²) in [5.74, 6) is 5.17. The van der Waals surface area contributed by atoms with E-state index in [0.717, 1.165) is 19.0 Å². The molecule has 0 saturated heterocycles. The second-order valence-electron chi connectivity index (χ2n) is 3.89. The van der Waals surface area contributed by atoms with Gasteiger partial charge in [-0.15, -0.1) is 0 Å². The Hall–Kier alpha value is -1.47. The lowest BCUT2D eigenvalue weighted by Crippen LogP contribution is -2.14. The van der Waals surface area contributed by atoms with Crippen molar-refractivity contribution in [3.63, 3.8) is 0 Å². The molecule has 0 radical (unpaired) electrons. The van der Waals surface area contributed by atoms with Crippen molar-refractivity contribution in [3.8, 4) is 0 Å². The highest BCUT2D eigenvalue weighted by Crippen LogP contribution is 2.12. The van der Waals surface area contributed by atoms with E-state index in [1.165, 1.54) is 0 Å². The highest BCUT2D eigenvalue weighted by atomic mass is 19.1. The zero-order valence-corrected chi connectivity index (χ0v) is 9.78. The minimum absolute atomic E-state index is 0.129. The summed E-state index contributed by atoms with van der Waals surface area (Å²) < 4.78 is 13.3. The number of anilines is 2. The van der Waals surface area contributed by atoms with Crippen LogP contribution in [0.2, 0.25) is 0 Å². The van der Waals surface area contributed by atoms with E-state index in [0.29, 0.717) is 6.54 Å². The zero-order chi connectivity index (χ0) is 12.7. The molecule has 0 aromatic carbocycles. The molecule has 0 amide bonds. The Balaban J connectivity index is 2.40. The molecule has 0 aliphatic rings. The molecule has 5 N–H and O–H groups in total. The van der Waals surface area contributed by atoms with Gasteiger partial charge in [-0.3, -0.25) is 5.43 Å². The Morgan fingerprint density at radius 1 is 1.59 bits per heavy atom. The average molecular weight is 243 g/mol. The van der Waals surface area contributed by atoms with Gasteiger partial charge in [0.1, 0.15) is 0 Å². The van der Waals surface area contributed by atoms with Crippen LogP contribution in [0.4, 0.5) is 16.2 Å². The minimum atomic E-state index is -0.515. The number of nitrogens with zero attached hydrogens (tertiary/aromatic N) is 2. The maximum Gasteiger partial charge on any atom is 0.239 e. The lowest BCUT2D eigenvalue weighted by molar-refractivity contribution is 0.229. The predicted octanol–water partition coefficient (Wildman–Crippen LogP) is 0.722. The minimum Gasteiger partial charge on any atom is -0.396 e. The van der Waals surface area contributed by atoms with Gasteiger partial charge in [0.15, 0.2) is 11.6 Å². The number of rotatable bonds is 7. The van der Waals surface area contributed by atoms with Crippen molar-refractivity contribution < 1.29 is 9.50 Å². The average Bonchev–Trinajstić information content (AvgIpc) is 2.36. The second-order valence-corrected chi connectivity index (χ2v) is 3.89. The molecule has 7 heteroatoms. The predicted molar refractivity (Wildman–Crippen MR) is 63.8 cm³/mol. The first kappa shape index (κ1) is 13.6. The molecular formula is C10H18FN5O. The fourth-order valence-corrected chi connectivity index (χ4v) is 1.31. The van der Waals surface area contributed by atoms with Crippen molar-refractivity contribution in [2.45, 2.75) is 19.8 Å². The summed E-state index contributed by atoms with van der Waals surface area (Å²) in [6.07, 6.45) is 2.76. The number of halogens is 1. The summed E-state index contributed by atoms with van der Waals surface area (Å²) in [7, 11) is 0. The molecule has 1 rings (SSSR count). The van der Waals surface area contributed by atoms with Crippen LogP contribution in [-0.4, -0.2) is 28.2 Å². The first-order chi connectivity index (χ1) is 8.17. The van der Waals surface area contributed by atoms with E-state index in [1.54, 1.807) is 0 Å². The standard InChI is InChI=1S/C10H18FN5O/c1-7(6-17)3-2-4-13-9-8(11)5-14-10(15-9)16-12/h5,7,17H,2-4,6,12H2,1H3,(H2,13,14,15,16). The van der Waals surface area contributed by atoms with Crippen LogP contribution in [0.1, 0.15) is 19.8 Å². The fraction of sp³-hybridized carbons (Fsp3) is 0.600. The van der Waals surface area contributed by atoms with Gasteiger partial charge in [-0.05, 0) is 18.8 Å². The van der Waals surface area contributed by atoms with Gasteiger partial charge in [0.05, 0.1) is 6.20 Å². The second kappa shape index (κ2) is 6.97. The maximum absolute atomic E-state index is 13.3. The molecule has 96 valence electrons. The SMILES string of the molecule is CC(CO)CCCNc1nc(NN)ncc1F. The van der Waals surface area contributed by atoms with Gasteiger partial charge in [-0.25, -0.2) is 15.2 Å². The van der Waals surface area contributed by atoms with Gasteiger partial charge < -0.3 is 10.4 Å². The first-order valence-electron chi connectivity index (χ1n) is 5.51. The van der Waals surface area contributed by atoms with Crippen molar-refractivity contribution in [1.29, 1.82) is 0 Å². The Labute approximate surface area is 99.4 Å². The van der Waals surface area contributed by atoms with Crippen LogP contribution >= 0.6 is 0 Å². The number of hydrogen-bond donors (Lipinski definition) is 4. The number of aliphatic hydroxyl groups is 1. The van der Waals surface area contributed by atoms with Crippen molar-refractivity contribution in [2.75, 3.05) is 23.9 Å².